The molecule has 0 aliphatic carbocycles. The average Bonchev–Trinajstić information content (AvgIpc) is 2.71. The van der Waals surface area contributed by atoms with Crippen LogP contribution in [-0.4, -0.2) is 12.7 Å². The molecule has 0 aromatic heterocycles. The molecule has 0 saturated carbocycles. The topological polar surface area (TPSA) is 12.5 Å². The first kappa shape index (κ1) is 7.63. The number of epoxide rings is 1. The van der Waals surface area contributed by atoms with Crippen LogP contribution in [0.5, 0.6) is 0 Å². The third-order valence-electron chi connectivity index (χ3n) is 1.50. The maximum atomic E-state index is 4.94. The Labute approximate surface area is 62.8 Å². The Morgan fingerprint density at radius 1 is 1.50 bits per heavy atom. The quantitative estimate of drug-likeness (QED) is 0.330. The lowest BCUT2D eigenvalue weighted by molar-refractivity contribution is 0.445. The number of unbranched alkanes of at least 4 members (excludes halogenated alkanes) is 3. The zero-order valence-corrected chi connectivity index (χ0v) is 6.52. The smallest absolute Gasteiger partial charge is 0.141 e. The van der Waals surface area contributed by atoms with Crippen LogP contribution in [0.2, 0.25) is 0 Å². The summed E-state index contributed by atoms with van der Waals surface area (Å²) in [7, 11) is 0. The molecule has 0 N–H and O–H groups in total. The first-order chi connectivity index (χ1) is 4.93. The fourth-order valence-corrected chi connectivity index (χ4v) is 0.781. The van der Waals surface area contributed by atoms with Crippen LogP contribution in [0.25, 0.3) is 0 Å². The van der Waals surface area contributed by atoms with Crippen LogP contribution < -0.4 is 0 Å². The average molecular weight is 138 g/mol. The Bertz CT molecular complexity index is 137. The van der Waals surface area contributed by atoms with Crippen LogP contribution in [0.15, 0.2) is 0 Å². The van der Waals surface area contributed by atoms with Gasteiger partial charge in [-0.05, 0) is 6.42 Å². The normalized spacial score (nSPS) is 21.5. The summed E-state index contributed by atoms with van der Waals surface area (Å²) in [6, 6.07) is 0. The number of hydrogen-bond acceptors (Lipinski definition) is 1. The van der Waals surface area contributed by atoms with E-state index >= 15 is 0 Å². The second-order valence-electron chi connectivity index (χ2n) is 2.60. The fourth-order valence-electron chi connectivity index (χ4n) is 0.781. The lowest BCUT2D eigenvalue weighted by Gasteiger charge is -1.87. The second-order valence-corrected chi connectivity index (χ2v) is 2.60. The van der Waals surface area contributed by atoms with Gasteiger partial charge in [-0.25, -0.2) is 0 Å². The maximum Gasteiger partial charge on any atom is 0.141 e. The van der Waals surface area contributed by atoms with Crippen molar-refractivity contribution in [2.24, 2.45) is 0 Å². The summed E-state index contributed by atoms with van der Waals surface area (Å²) in [5.74, 6) is 6.15. The Morgan fingerprint density at radius 2 is 2.30 bits per heavy atom. The summed E-state index contributed by atoms with van der Waals surface area (Å²) in [6.07, 6.45) is 5.17. The largest absolute Gasteiger partial charge is 0.359 e. The Balaban J connectivity index is 1.89. The van der Waals surface area contributed by atoms with E-state index in [2.05, 4.69) is 18.8 Å². The highest BCUT2D eigenvalue weighted by molar-refractivity contribution is 5.09. The van der Waals surface area contributed by atoms with Crippen LogP contribution >= 0.6 is 0 Å². The van der Waals surface area contributed by atoms with Gasteiger partial charge in [0.15, 0.2) is 0 Å². The molecular weight excluding hydrogens is 124 g/mol. The van der Waals surface area contributed by atoms with Gasteiger partial charge in [0, 0.05) is 6.42 Å². The molecule has 0 aromatic rings. The lowest BCUT2D eigenvalue weighted by atomic mass is 10.2. The molecule has 1 rings (SSSR count). The SMILES string of the molecule is CCCCCC#CC1CO1. The lowest BCUT2D eigenvalue weighted by Crippen LogP contribution is -1.75. The molecule has 1 heteroatoms. The molecule has 1 saturated heterocycles. The molecule has 0 amide bonds. The van der Waals surface area contributed by atoms with Crippen molar-refractivity contribution in [3.63, 3.8) is 0 Å². The molecule has 1 heterocycles. The molecular formula is C9H14O. The molecule has 1 atom stereocenters. The predicted octanol–water partition coefficient (Wildman–Crippen LogP) is 1.97. The first-order valence-electron chi connectivity index (χ1n) is 4.03. The predicted molar refractivity (Wildman–Crippen MR) is 41.7 cm³/mol. The van der Waals surface area contributed by atoms with Gasteiger partial charge in [-0.3, -0.25) is 0 Å². The summed E-state index contributed by atoms with van der Waals surface area (Å²) < 4.78 is 4.94. The van der Waals surface area contributed by atoms with E-state index in [0.717, 1.165) is 13.0 Å². The van der Waals surface area contributed by atoms with Crippen LogP contribution in [-0.2, 0) is 4.74 Å². The van der Waals surface area contributed by atoms with Crippen LogP contribution in [0.3, 0.4) is 0 Å². The van der Waals surface area contributed by atoms with Gasteiger partial charge in [0.25, 0.3) is 0 Å². The first-order valence-corrected chi connectivity index (χ1v) is 4.03. The van der Waals surface area contributed by atoms with Crippen molar-refractivity contribution in [3.8, 4) is 11.8 Å². The highest BCUT2D eigenvalue weighted by Gasteiger charge is 2.18. The van der Waals surface area contributed by atoms with Crippen molar-refractivity contribution < 1.29 is 4.74 Å². The van der Waals surface area contributed by atoms with Gasteiger partial charge in [-0.15, -0.1) is 5.92 Å². The van der Waals surface area contributed by atoms with E-state index in [1.54, 1.807) is 0 Å². The number of hydrogen-bond donors (Lipinski definition) is 0. The highest BCUT2D eigenvalue weighted by atomic mass is 16.6. The zero-order chi connectivity index (χ0) is 7.23. The third kappa shape index (κ3) is 3.53. The van der Waals surface area contributed by atoms with E-state index in [1.807, 2.05) is 0 Å². The van der Waals surface area contributed by atoms with Gasteiger partial charge in [0.1, 0.15) is 6.10 Å². The van der Waals surface area contributed by atoms with Crippen LogP contribution in [0, 0.1) is 11.8 Å². The second kappa shape index (κ2) is 4.35. The van der Waals surface area contributed by atoms with Crippen molar-refractivity contribution in [1.82, 2.24) is 0 Å². The molecule has 1 aliphatic heterocycles. The minimum absolute atomic E-state index is 0.293. The van der Waals surface area contributed by atoms with Gasteiger partial charge < -0.3 is 4.74 Å². The van der Waals surface area contributed by atoms with Gasteiger partial charge >= 0.3 is 0 Å². The molecule has 0 aromatic carbocycles. The summed E-state index contributed by atoms with van der Waals surface area (Å²) in [4.78, 5) is 0. The monoisotopic (exact) mass is 138 g/mol. The molecule has 1 unspecified atom stereocenters. The highest BCUT2D eigenvalue weighted by Crippen LogP contribution is 2.06. The summed E-state index contributed by atoms with van der Waals surface area (Å²) in [5, 5.41) is 0. The van der Waals surface area contributed by atoms with Gasteiger partial charge in [-0.1, -0.05) is 25.7 Å². The molecule has 1 aliphatic rings. The zero-order valence-electron chi connectivity index (χ0n) is 6.52. The molecule has 1 nitrogen and oxygen atoms in total. The van der Waals surface area contributed by atoms with E-state index in [1.165, 1.54) is 19.3 Å². The summed E-state index contributed by atoms with van der Waals surface area (Å²) >= 11 is 0. The number of rotatable bonds is 3. The summed E-state index contributed by atoms with van der Waals surface area (Å²) in [5.41, 5.74) is 0. The van der Waals surface area contributed by atoms with Crippen molar-refractivity contribution in [2.45, 2.75) is 38.7 Å². The molecule has 10 heavy (non-hydrogen) atoms. The van der Waals surface area contributed by atoms with Gasteiger partial charge in [-0.2, -0.15) is 0 Å². The fraction of sp³-hybridized carbons (Fsp3) is 0.778. The standard InChI is InChI=1S/C9H14O/c1-2-3-4-5-6-7-9-8-10-9/h9H,2-5,8H2,1H3. The van der Waals surface area contributed by atoms with Gasteiger partial charge in [0.05, 0.1) is 6.61 Å². The van der Waals surface area contributed by atoms with Crippen molar-refractivity contribution >= 4 is 0 Å². The van der Waals surface area contributed by atoms with E-state index < -0.39 is 0 Å². The Kier molecular flexibility index (Phi) is 3.32. The minimum Gasteiger partial charge on any atom is -0.359 e. The Hall–Kier alpha value is -0.480. The van der Waals surface area contributed by atoms with Gasteiger partial charge in [0.2, 0.25) is 0 Å². The van der Waals surface area contributed by atoms with E-state index in [4.69, 9.17) is 4.74 Å². The van der Waals surface area contributed by atoms with E-state index in [0.29, 0.717) is 6.10 Å². The van der Waals surface area contributed by atoms with Crippen LogP contribution in [0.1, 0.15) is 32.6 Å². The minimum atomic E-state index is 0.293. The third-order valence-corrected chi connectivity index (χ3v) is 1.50. The Morgan fingerprint density at radius 3 is 2.90 bits per heavy atom. The molecule has 0 spiro atoms. The molecule has 0 bridgehead atoms. The maximum absolute atomic E-state index is 4.94. The van der Waals surface area contributed by atoms with E-state index in [-0.39, 0.29) is 0 Å². The molecule has 56 valence electrons. The van der Waals surface area contributed by atoms with Crippen molar-refractivity contribution in [3.05, 3.63) is 0 Å². The molecule has 1 fully saturated rings. The number of ether oxygens (including phenoxy) is 1. The van der Waals surface area contributed by atoms with Crippen molar-refractivity contribution in [2.75, 3.05) is 6.61 Å². The summed E-state index contributed by atoms with van der Waals surface area (Å²) in [6.45, 7) is 3.07. The van der Waals surface area contributed by atoms with E-state index in [9.17, 15) is 0 Å². The van der Waals surface area contributed by atoms with Crippen molar-refractivity contribution in [1.29, 1.82) is 0 Å². The van der Waals surface area contributed by atoms with Crippen LogP contribution in [0.4, 0.5) is 0 Å². The molecule has 0 radical (unpaired) electrons.